The number of H-pyrrole nitrogens is 1. The van der Waals surface area contributed by atoms with Gasteiger partial charge in [0.05, 0.1) is 5.57 Å². The number of carbonyl (C=O) groups is 1. The average Bonchev–Trinajstić information content (AvgIpc) is 3.17. The number of nitrogens with one attached hydrogen (secondary N) is 2. The second-order valence-electron chi connectivity index (χ2n) is 8.50. The molecule has 5 rings (SSSR count). The van der Waals surface area contributed by atoms with E-state index in [0.29, 0.717) is 5.57 Å². The van der Waals surface area contributed by atoms with Crippen LogP contribution in [0.15, 0.2) is 48.5 Å². The zero-order chi connectivity index (χ0) is 21.2. The number of carbonyl (C=O) groups excluding carboxylic acids is 1. The van der Waals surface area contributed by atoms with E-state index in [4.69, 9.17) is 0 Å². The molecule has 0 spiro atoms. The van der Waals surface area contributed by atoms with Gasteiger partial charge in [-0.15, -0.1) is 0 Å². The number of hydrogen-bond donors (Lipinski definition) is 3. The predicted octanol–water partition coefficient (Wildman–Crippen LogP) is 5.37. The lowest BCUT2D eigenvalue weighted by atomic mass is 9.96. The summed E-state index contributed by atoms with van der Waals surface area (Å²) >= 11 is 0. The summed E-state index contributed by atoms with van der Waals surface area (Å²) in [5, 5.41) is 12.4. The maximum atomic E-state index is 12.9. The van der Waals surface area contributed by atoms with Crippen LogP contribution in [-0.2, 0) is 24.1 Å². The first kappa shape index (κ1) is 19.8. The summed E-state index contributed by atoms with van der Waals surface area (Å²) in [6, 6.07) is 16.4. The number of aliphatic hydroxyl groups is 1. The highest BCUT2D eigenvalue weighted by Gasteiger charge is 2.26. The molecule has 158 valence electrons. The molecule has 2 heterocycles. The van der Waals surface area contributed by atoms with Crippen LogP contribution in [0.1, 0.15) is 53.8 Å². The van der Waals surface area contributed by atoms with E-state index < -0.39 is 0 Å². The topological polar surface area (TPSA) is 65.1 Å². The number of fused-ring (bicyclic) bond motifs is 2. The molecule has 3 N–H and O–H groups in total. The maximum Gasteiger partial charge on any atom is 0.256 e. The highest BCUT2D eigenvalue weighted by atomic mass is 16.2. The molecule has 2 aromatic carbocycles. The Morgan fingerprint density at radius 2 is 1.81 bits per heavy atom. The Bertz CT molecular complexity index is 1140. The minimum Gasteiger partial charge on any atom is -0.396 e. The number of benzene rings is 2. The van der Waals surface area contributed by atoms with Crippen molar-refractivity contribution in [3.63, 3.8) is 0 Å². The average molecular weight is 413 g/mol. The van der Waals surface area contributed by atoms with Crippen LogP contribution < -0.4 is 5.32 Å². The Kier molecular flexibility index (Phi) is 5.47. The molecule has 0 atom stereocenters. The molecule has 3 aromatic rings. The van der Waals surface area contributed by atoms with Gasteiger partial charge in [0.2, 0.25) is 0 Å². The van der Waals surface area contributed by atoms with E-state index in [0.717, 1.165) is 53.8 Å². The Morgan fingerprint density at radius 3 is 2.65 bits per heavy atom. The number of aromatic amines is 1. The largest absolute Gasteiger partial charge is 0.396 e. The third-order valence-corrected chi connectivity index (χ3v) is 6.48. The van der Waals surface area contributed by atoms with Crippen molar-refractivity contribution in [1.82, 2.24) is 4.98 Å². The minimum atomic E-state index is -0.0573. The molecule has 1 aromatic heterocycles. The molecule has 1 aliphatic heterocycles. The standard InChI is InChI=1S/C27H28N2O2/c30-15-7-11-21-20-10-5-2-6-12-24(20)28-26(21)17-23-22-16-19(18-8-3-1-4-9-18)13-14-25(22)29-27(23)31/h1,3-4,8-9,13-14,16-17,28,30H,2,5-7,10-12,15H2,(H,29,31). The Morgan fingerprint density at radius 1 is 0.968 bits per heavy atom. The summed E-state index contributed by atoms with van der Waals surface area (Å²) in [5.74, 6) is -0.0573. The summed E-state index contributed by atoms with van der Waals surface area (Å²) in [7, 11) is 0. The highest BCUT2D eigenvalue weighted by Crippen LogP contribution is 2.37. The van der Waals surface area contributed by atoms with Crippen molar-refractivity contribution in [2.24, 2.45) is 0 Å². The van der Waals surface area contributed by atoms with Gasteiger partial charge >= 0.3 is 0 Å². The molecule has 4 heteroatoms. The van der Waals surface area contributed by atoms with Crippen molar-refractivity contribution >= 4 is 23.2 Å². The molecule has 0 fully saturated rings. The van der Waals surface area contributed by atoms with Crippen molar-refractivity contribution in [2.75, 3.05) is 11.9 Å². The zero-order valence-electron chi connectivity index (χ0n) is 17.7. The van der Waals surface area contributed by atoms with Gasteiger partial charge in [0.15, 0.2) is 0 Å². The van der Waals surface area contributed by atoms with Crippen molar-refractivity contribution in [3.05, 3.63) is 76.6 Å². The molecule has 1 aliphatic carbocycles. The van der Waals surface area contributed by atoms with Gasteiger partial charge in [-0.1, -0.05) is 42.8 Å². The lowest BCUT2D eigenvalue weighted by molar-refractivity contribution is -0.110. The molecular formula is C27H28N2O2. The van der Waals surface area contributed by atoms with Crippen LogP contribution in [0, 0.1) is 0 Å². The molecule has 4 nitrogen and oxygen atoms in total. The fourth-order valence-corrected chi connectivity index (χ4v) is 4.90. The number of rotatable bonds is 5. The molecule has 0 unspecified atom stereocenters. The van der Waals surface area contributed by atoms with E-state index in [9.17, 15) is 9.90 Å². The second kappa shape index (κ2) is 8.56. The van der Waals surface area contributed by atoms with Crippen molar-refractivity contribution in [2.45, 2.75) is 44.9 Å². The Hall–Kier alpha value is -3.11. The number of amides is 1. The van der Waals surface area contributed by atoms with Gasteiger partial charge in [-0.25, -0.2) is 0 Å². The number of aliphatic hydroxyl groups excluding tert-OH is 1. The smallest absolute Gasteiger partial charge is 0.256 e. The summed E-state index contributed by atoms with van der Waals surface area (Å²) in [4.78, 5) is 16.5. The van der Waals surface area contributed by atoms with Gasteiger partial charge in [-0.3, -0.25) is 4.79 Å². The van der Waals surface area contributed by atoms with E-state index in [1.54, 1.807) is 0 Å². The maximum absolute atomic E-state index is 12.9. The fourth-order valence-electron chi connectivity index (χ4n) is 4.90. The second-order valence-corrected chi connectivity index (χ2v) is 8.50. The summed E-state index contributed by atoms with van der Waals surface area (Å²) in [5.41, 5.74) is 9.79. The predicted molar refractivity (Wildman–Crippen MR) is 126 cm³/mol. The molecule has 2 aliphatic rings. The van der Waals surface area contributed by atoms with Gasteiger partial charge in [-0.2, -0.15) is 0 Å². The number of anilines is 1. The van der Waals surface area contributed by atoms with Crippen LogP contribution in [-0.4, -0.2) is 22.6 Å². The van der Waals surface area contributed by atoms with Crippen LogP contribution in [0.3, 0.4) is 0 Å². The molecule has 1 amide bonds. The van der Waals surface area contributed by atoms with Crippen molar-refractivity contribution in [1.29, 1.82) is 0 Å². The van der Waals surface area contributed by atoms with Gasteiger partial charge in [0.1, 0.15) is 0 Å². The summed E-state index contributed by atoms with van der Waals surface area (Å²) in [6.45, 7) is 0.180. The Balaban J connectivity index is 1.58. The quantitative estimate of drug-likeness (QED) is 0.390. The summed E-state index contributed by atoms with van der Waals surface area (Å²) < 4.78 is 0. The molecule has 0 radical (unpaired) electrons. The lowest BCUT2D eigenvalue weighted by Gasteiger charge is -2.07. The van der Waals surface area contributed by atoms with Crippen LogP contribution in [0.25, 0.3) is 22.8 Å². The van der Waals surface area contributed by atoms with Crippen LogP contribution in [0.4, 0.5) is 5.69 Å². The van der Waals surface area contributed by atoms with Crippen LogP contribution >= 0.6 is 0 Å². The normalized spacial score (nSPS) is 16.7. The van der Waals surface area contributed by atoms with E-state index >= 15 is 0 Å². The molecule has 31 heavy (non-hydrogen) atoms. The first-order valence-electron chi connectivity index (χ1n) is 11.3. The molecule has 0 saturated heterocycles. The van der Waals surface area contributed by atoms with E-state index in [2.05, 4.69) is 34.6 Å². The van der Waals surface area contributed by atoms with Gasteiger partial charge in [0.25, 0.3) is 5.91 Å². The number of aromatic nitrogens is 1. The Labute approximate surface area is 183 Å². The minimum absolute atomic E-state index is 0.0573. The summed E-state index contributed by atoms with van der Waals surface area (Å²) in [6.07, 6.45) is 9.40. The van der Waals surface area contributed by atoms with E-state index in [-0.39, 0.29) is 12.5 Å². The zero-order valence-corrected chi connectivity index (χ0v) is 17.7. The SMILES string of the molecule is O=C1Nc2ccc(-c3ccccc3)cc2C1=Cc1[nH]c2c(c1CCCO)CCCCC2. The van der Waals surface area contributed by atoms with Gasteiger partial charge in [-0.05, 0) is 79.0 Å². The molecule has 0 saturated carbocycles. The first-order valence-corrected chi connectivity index (χ1v) is 11.3. The van der Waals surface area contributed by atoms with E-state index in [1.807, 2.05) is 30.3 Å². The lowest BCUT2D eigenvalue weighted by Crippen LogP contribution is -2.04. The molecule has 0 bridgehead atoms. The third-order valence-electron chi connectivity index (χ3n) is 6.48. The number of aryl methyl sites for hydroxylation is 1. The monoisotopic (exact) mass is 412 g/mol. The van der Waals surface area contributed by atoms with Crippen molar-refractivity contribution < 1.29 is 9.90 Å². The van der Waals surface area contributed by atoms with Gasteiger partial charge in [0, 0.05) is 29.2 Å². The first-order chi connectivity index (χ1) is 15.2. The van der Waals surface area contributed by atoms with Crippen LogP contribution in [0.5, 0.6) is 0 Å². The highest BCUT2D eigenvalue weighted by molar-refractivity contribution is 6.35. The van der Waals surface area contributed by atoms with E-state index in [1.165, 1.54) is 36.1 Å². The third kappa shape index (κ3) is 3.84. The van der Waals surface area contributed by atoms with Crippen molar-refractivity contribution in [3.8, 4) is 11.1 Å². The molecular weight excluding hydrogens is 384 g/mol. The van der Waals surface area contributed by atoms with Gasteiger partial charge < -0.3 is 15.4 Å². The number of hydrogen-bond acceptors (Lipinski definition) is 2. The van der Waals surface area contributed by atoms with Crippen LogP contribution in [0.2, 0.25) is 0 Å². The fraction of sp³-hybridized carbons (Fsp3) is 0.296.